The molecule has 0 aromatic heterocycles. The average molecular weight is 162 g/mol. The molecular formula is C5H10N2O4. The highest BCUT2D eigenvalue weighted by Gasteiger charge is 2.07. The molecule has 0 aliphatic rings. The van der Waals surface area contributed by atoms with Crippen LogP contribution in [-0.4, -0.2) is 36.1 Å². The lowest BCUT2D eigenvalue weighted by Crippen LogP contribution is -2.30. The largest absolute Gasteiger partial charge is 0.344 e. The molecule has 0 aliphatic carbocycles. The van der Waals surface area contributed by atoms with Gasteiger partial charge >= 0.3 is 0 Å². The number of nitrogens with zero attached hydrogens (tertiary/aromatic N) is 2. The van der Waals surface area contributed by atoms with Crippen molar-refractivity contribution in [3.8, 4) is 0 Å². The van der Waals surface area contributed by atoms with E-state index in [9.17, 15) is 14.9 Å². The number of hydrogen-bond acceptors (Lipinski definition) is 4. The molecule has 0 bridgehead atoms. The lowest BCUT2D eigenvalue weighted by molar-refractivity contribution is -0.754. The second kappa shape index (κ2) is 4.48. The zero-order chi connectivity index (χ0) is 8.85. The Hall–Kier alpha value is -1.33. The normalized spacial score (nSPS) is 8.91. The van der Waals surface area contributed by atoms with Gasteiger partial charge in [0, 0.05) is 13.6 Å². The summed E-state index contributed by atoms with van der Waals surface area (Å²) in [6.07, 6.45) is 0. The van der Waals surface area contributed by atoms with E-state index in [4.69, 9.17) is 0 Å². The molecule has 0 saturated carbocycles. The van der Waals surface area contributed by atoms with E-state index in [-0.39, 0.29) is 0 Å². The maximum Gasteiger partial charge on any atom is 0.295 e. The van der Waals surface area contributed by atoms with Gasteiger partial charge in [0.1, 0.15) is 0 Å². The lowest BCUT2D eigenvalue weighted by Gasteiger charge is -2.12. The van der Waals surface area contributed by atoms with Gasteiger partial charge in [-0.2, -0.15) is 0 Å². The Labute approximate surface area is 63.8 Å². The predicted octanol–water partition coefficient (Wildman–Crippen LogP) is -0.327. The fourth-order valence-electron chi connectivity index (χ4n) is 0.394. The number of carbonyl (C=O) groups excluding carboxylic acids is 1. The molecule has 64 valence electrons. The average Bonchev–Trinajstić information content (AvgIpc) is 1.98. The molecule has 0 radical (unpaired) electrons. The van der Waals surface area contributed by atoms with Crippen molar-refractivity contribution in [1.29, 1.82) is 0 Å². The second-order valence-corrected chi connectivity index (χ2v) is 1.90. The quantitative estimate of drug-likeness (QED) is 0.419. The number of carbonyl (C=O) groups is 1. The summed E-state index contributed by atoms with van der Waals surface area (Å²) >= 11 is 0. The van der Waals surface area contributed by atoms with E-state index < -0.39 is 17.6 Å². The molecule has 1 amide bonds. The Morgan fingerprint density at radius 3 is 2.64 bits per heavy atom. The summed E-state index contributed by atoms with van der Waals surface area (Å²) in [5.74, 6) is -0.399. The maximum atomic E-state index is 10.8. The third-order valence-corrected chi connectivity index (χ3v) is 1.19. The predicted molar refractivity (Wildman–Crippen MR) is 36.3 cm³/mol. The van der Waals surface area contributed by atoms with Crippen LogP contribution in [0.4, 0.5) is 0 Å². The number of rotatable bonds is 4. The molecule has 6 nitrogen and oxygen atoms in total. The van der Waals surface area contributed by atoms with Gasteiger partial charge in [0.2, 0.25) is 5.91 Å². The van der Waals surface area contributed by atoms with E-state index in [1.165, 1.54) is 4.90 Å². The van der Waals surface area contributed by atoms with Crippen LogP contribution in [0.5, 0.6) is 0 Å². The molecule has 0 aromatic carbocycles. The van der Waals surface area contributed by atoms with Crippen molar-refractivity contribution in [2.24, 2.45) is 0 Å². The first-order valence-electron chi connectivity index (χ1n) is 3.09. The highest BCUT2D eigenvalue weighted by atomic mass is 16.9. The van der Waals surface area contributed by atoms with E-state index in [1.807, 2.05) is 0 Å². The fraction of sp³-hybridized carbons (Fsp3) is 0.800. The molecule has 0 saturated heterocycles. The monoisotopic (exact) mass is 162 g/mol. The molecule has 0 atom stereocenters. The lowest BCUT2D eigenvalue weighted by atomic mass is 10.5. The Morgan fingerprint density at radius 1 is 1.73 bits per heavy atom. The van der Waals surface area contributed by atoms with Gasteiger partial charge in [-0.1, -0.05) is 0 Å². The van der Waals surface area contributed by atoms with Crippen LogP contribution in [0.25, 0.3) is 0 Å². The summed E-state index contributed by atoms with van der Waals surface area (Å²) in [5.41, 5.74) is 0. The van der Waals surface area contributed by atoms with Crippen LogP contribution in [0.2, 0.25) is 0 Å². The Morgan fingerprint density at radius 2 is 2.27 bits per heavy atom. The smallest absolute Gasteiger partial charge is 0.295 e. The van der Waals surface area contributed by atoms with Crippen LogP contribution in [-0.2, 0) is 9.63 Å². The fourth-order valence-corrected chi connectivity index (χ4v) is 0.394. The molecule has 0 spiro atoms. The Balaban J connectivity index is 3.60. The van der Waals surface area contributed by atoms with E-state index >= 15 is 0 Å². The molecule has 6 heteroatoms. The standard InChI is InChI=1S/C5H10N2O4/c1-3-6(2)5(8)4-11-7(9)10/h3-4H2,1-2H3. The van der Waals surface area contributed by atoms with Crippen LogP contribution < -0.4 is 0 Å². The van der Waals surface area contributed by atoms with Crippen molar-refractivity contribution < 1.29 is 14.7 Å². The molecule has 0 unspecified atom stereocenters. The summed E-state index contributed by atoms with van der Waals surface area (Å²) in [6, 6.07) is 0. The van der Waals surface area contributed by atoms with Crippen LogP contribution in [0, 0.1) is 10.1 Å². The maximum absolute atomic E-state index is 10.8. The second-order valence-electron chi connectivity index (χ2n) is 1.90. The van der Waals surface area contributed by atoms with Crippen molar-refractivity contribution >= 4 is 5.91 Å². The first kappa shape index (κ1) is 9.67. The number of amides is 1. The van der Waals surface area contributed by atoms with Gasteiger partial charge in [0.05, 0.1) is 0 Å². The summed E-state index contributed by atoms with van der Waals surface area (Å²) in [4.78, 5) is 25.6. The first-order chi connectivity index (χ1) is 5.07. The third-order valence-electron chi connectivity index (χ3n) is 1.19. The molecule has 0 aliphatic heterocycles. The first-order valence-corrected chi connectivity index (χ1v) is 3.09. The van der Waals surface area contributed by atoms with Crippen LogP contribution in [0.15, 0.2) is 0 Å². The summed E-state index contributed by atoms with van der Waals surface area (Å²) in [7, 11) is 1.55. The van der Waals surface area contributed by atoms with Crippen molar-refractivity contribution in [3.05, 3.63) is 10.1 Å². The van der Waals surface area contributed by atoms with Crippen LogP contribution >= 0.6 is 0 Å². The Kier molecular flexibility index (Phi) is 3.94. The van der Waals surface area contributed by atoms with E-state index in [2.05, 4.69) is 4.84 Å². The van der Waals surface area contributed by atoms with E-state index in [0.29, 0.717) is 6.54 Å². The topological polar surface area (TPSA) is 72.7 Å². The SMILES string of the molecule is CCN(C)C(=O)CO[N+](=O)[O-]. The van der Waals surface area contributed by atoms with Crippen molar-refractivity contribution in [3.63, 3.8) is 0 Å². The third kappa shape index (κ3) is 4.12. The van der Waals surface area contributed by atoms with Crippen molar-refractivity contribution in [1.82, 2.24) is 4.90 Å². The summed E-state index contributed by atoms with van der Waals surface area (Å²) in [5, 5.41) is 8.64. The summed E-state index contributed by atoms with van der Waals surface area (Å²) < 4.78 is 0. The minimum absolute atomic E-state index is 0.399. The molecular weight excluding hydrogens is 152 g/mol. The molecule has 0 aromatic rings. The van der Waals surface area contributed by atoms with Crippen LogP contribution in [0.1, 0.15) is 6.92 Å². The highest BCUT2D eigenvalue weighted by Crippen LogP contribution is 1.84. The molecule has 11 heavy (non-hydrogen) atoms. The van der Waals surface area contributed by atoms with Gasteiger partial charge in [-0.15, -0.1) is 10.1 Å². The molecule has 0 N–H and O–H groups in total. The number of hydrogen-bond donors (Lipinski definition) is 0. The van der Waals surface area contributed by atoms with Gasteiger partial charge in [-0.25, -0.2) is 0 Å². The van der Waals surface area contributed by atoms with Gasteiger partial charge in [0.25, 0.3) is 5.09 Å². The summed E-state index contributed by atoms with van der Waals surface area (Å²) in [6.45, 7) is 1.78. The minimum atomic E-state index is -0.985. The zero-order valence-electron chi connectivity index (χ0n) is 6.44. The van der Waals surface area contributed by atoms with Crippen molar-refractivity contribution in [2.45, 2.75) is 6.92 Å². The van der Waals surface area contributed by atoms with E-state index in [0.717, 1.165) is 0 Å². The Bertz CT molecular complexity index is 159. The highest BCUT2D eigenvalue weighted by molar-refractivity contribution is 5.76. The number of likely N-dealkylation sites (N-methyl/N-ethyl adjacent to an activating group) is 1. The van der Waals surface area contributed by atoms with Crippen LogP contribution in [0.3, 0.4) is 0 Å². The molecule has 0 heterocycles. The van der Waals surface area contributed by atoms with Gasteiger partial charge in [0.15, 0.2) is 6.61 Å². The van der Waals surface area contributed by atoms with Crippen molar-refractivity contribution in [2.75, 3.05) is 20.2 Å². The molecule has 0 rings (SSSR count). The van der Waals surface area contributed by atoms with Gasteiger partial charge in [-0.3, -0.25) is 4.79 Å². The van der Waals surface area contributed by atoms with Gasteiger partial charge in [-0.05, 0) is 6.92 Å². The minimum Gasteiger partial charge on any atom is -0.344 e. The molecule has 0 fully saturated rings. The zero-order valence-corrected chi connectivity index (χ0v) is 6.44. The van der Waals surface area contributed by atoms with Gasteiger partial charge < -0.3 is 9.74 Å². The van der Waals surface area contributed by atoms with E-state index in [1.54, 1.807) is 14.0 Å².